The number of nitrogens with zero attached hydrogens (tertiary/aromatic N) is 2. The smallest absolute Gasteiger partial charge is 0.228 e. The molecule has 1 aromatic rings. The number of benzene rings is 1. The lowest BCUT2D eigenvalue weighted by Gasteiger charge is -2.34. The van der Waals surface area contributed by atoms with E-state index in [0.29, 0.717) is 25.6 Å². The van der Waals surface area contributed by atoms with Gasteiger partial charge in [-0.15, -0.1) is 12.4 Å². The number of hydrogen-bond donors (Lipinski definition) is 1. The second kappa shape index (κ2) is 8.49. The second-order valence-corrected chi connectivity index (χ2v) is 6.57. The molecule has 0 bridgehead atoms. The van der Waals surface area contributed by atoms with E-state index in [1.807, 2.05) is 47.2 Å². The average Bonchev–Trinajstić information content (AvgIpc) is 2.96. The molecule has 0 aliphatic carbocycles. The van der Waals surface area contributed by atoms with Crippen LogP contribution in [0, 0.1) is 5.92 Å². The second-order valence-electron chi connectivity index (χ2n) is 6.57. The predicted molar refractivity (Wildman–Crippen MR) is 95.9 cm³/mol. The summed E-state index contributed by atoms with van der Waals surface area (Å²) in [6, 6.07) is 10.3. The van der Waals surface area contributed by atoms with E-state index < -0.39 is 0 Å². The highest BCUT2D eigenvalue weighted by atomic mass is 35.5. The SMILES string of the molecule is CNC1CCCN(C(=O)C2CC(=O)N(Cc3ccccc3)C2)C1.Cl. The van der Waals surface area contributed by atoms with E-state index in [1.165, 1.54) is 0 Å². The van der Waals surface area contributed by atoms with Crippen molar-refractivity contribution in [3.63, 3.8) is 0 Å². The van der Waals surface area contributed by atoms with Gasteiger partial charge in [-0.25, -0.2) is 0 Å². The standard InChI is InChI=1S/C18H25N3O2.ClH/c1-19-16-8-5-9-20(13-16)18(23)15-10-17(22)21(12-15)11-14-6-3-2-4-7-14;/h2-4,6-7,15-16,19H,5,8-13H2,1H3;1H. The number of likely N-dealkylation sites (N-methyl/N-ethyl adjacent to an activating group) is 1. The summed E-state index contributed by atoms with van der Waals surface area (Å²) in [5, 5.41) is 3.26. The third kappa shape index (κ3) is 4.28. The van der Waals surface area contributed by atoms with Gasteiger partial charge in [-0.05, 0) is 25.5 Å². The maximum absolute atomic E-state index is 12.7. The Kier molecular flexibility index (Phi) is 6.63. The first-order chi connectivity index (χ1) is 11.2. The molecule has 0 aromatic heterocycles. The molecule has 0 saturated carbocycles. The maximum atomic E-state index is 12.7. The van der Waals surface area contributed by atoms with Gasteiger partial charge < -0.3 is 15.1 Å². The van der Waals surface area contributed by atoms with Gasteiger partial charge in [0.1, 0.15) is 0 Å². The van der Waals surface area contributed by atoms with Crippen molar-refractivity contribution in [1.29, 1.82) is 0 Å². The third-order valence-electron chi connectivity index (χ3n) is 4.92. The highest BCUT2D eigenvalue weighted by molar-refractivity contribution is 5.89. The fraction of sp³-hybridized carbons (Fsp3) is 0.556. The lowest BCUT2D eigenvalue weighted by Crippen LogP contribution is -2.49. The first kappa shape index (κ1) is 18.7. The number of rotatable bonds is 4. The number of carbonyl (C=O) groups is 2. The predicted octanol–water partition coefficient (Wildman–Crippen LogP) is 1.67. The van der Waals surface area contributed by atoms with E-state index in [9.17, 15) is 9.59 Å². The van der Waals surface area contributed by atoms with Gasteiger partial charge in [0.2, 0.25) is 11.8 Å². The van der Waals surface area contributed by atoms with Crippen LogP contribution < -0.4 is 5.32 Å². The van der Waals surface area contributed by atoms with E-state index in [2.05, 4.69) is 5.32 Å². The molecule has 2 saturated heterocycles. The van der Waals surface area contributed by atoms with E-state index >= 15 is 0 Å². The van der Waals surface area contributed by atoms with Gasteiger partial charge in [-0.1, -0.05) is 30.3 Å². The first-order valence-corrected chi connectivity index (χ1v) is 8.45. The van der Waals surface area contributed by atoms with Gasteiger partial charge in [0.15, 0.2) is 0 Å². The zero-order valence-corrected chi connectivity index (χ0v) is 14.9. The number of hydrogen-bond acceptors (Lipinski definition) is 3. The van der Waals surface area contributed by atoms with Crippen molar-refractivity contribution in [2.45, 2.75) is 31.8 Å². The fourth-order valence-corrected chi connectivity index (χ4v) is 3.57. The molecular formula is C18H26ClN3O2. The van der Waals surface area contributed by atoms with Crippen LogP contribution in [0.15, 0.2) is 30.3 Å². The highest BCUT2D eigenvalue weighted by Crippen LogP contribution is 2.23. The summed E-state index contributed by atoms with van der Waals surface area (Å²) in [6.45, 7) is 2.73. The summed E-state index contributed by atoms with van der Waals surface area (Å²) in [4.78, 5) is 28.7. The molecule has 2 aliphatic heterocycles. The van der Waals surface area contributed by atoms with Crippen LogP contribution in [0.2, 0.25) is 0 Å². The van der Waals surface area contributed by atoms with Crippen LogP contribution in [0.3, 0.4) is 0 Å². The molecule has 6 heteroatoms. The summed E-state index contributed by atoms with van der Waals surface area (Å²) < 4.78 is 0. The Hall–Kier alpha value is -1.59. The molecule has 2 unspecified atom stereocenters. The molecule has 1 aromatic carbocycles. The minimum Gasteiger partial charge on any atom is -0.341 e. The normalized spacial score (nSPS) is 24.0. The molecule has 132 valence electrons. The summed E-state index contributed by atoms with van der Waals surface area (Å²) in [6.07, 6.45) is 2.50. The quantitative estimate of drug-likeness (QED) is 0.897. The van der Waals surface area contributed by atoms with Crippen molar-refractivity contribution >= 4 is 24.2 Å². The Balaban J connectivity index is 0.00000208. The Bertz CT molecular complexity index is 567. The Morgan fingerprint density at radius 3 is 2.71 bits per heavy atom. The van der Waals surface area contributed by atoms with E-state index in [-0.39, 0.29) is 30.1 Å². The van der Waals surface area contributed by atoms with Crippen LogP contribution in [0.25, 0.3) is 0 Å². The van der Waals surface area contributed by atoms with Crippen LogP contribution in [-0.4, -0.2) is 54.3 Å². The largest absolute Gasteiger partial charge is 0.341 e. The van der Waals surface area contributed by atoms with Gasteiger partial charge in [0.25, 0.3) is 0 Å². The van der Waals surface area contributed by atoms with E-state index in [1.54, 1.807) is 0 Å². The zero-order valence-electron chi connectivity index (χ0n) is 14.1. The number of nitrogens with one attached hydrogen (secondary N) is 1. The molecule has 2 aliphatic rings. The number of carbonyl (C=O) groups excluding carboxylic acids is 2. The van der Waals surface area contributed by atoms with Crippen LogP contribution in [0.5, 0.6) is 0 Å². The van der Waals surface area contributed by atoms with E-state index in [4.69, 9.17) is 0 Å². The number of likely N-dealkylation sites (tertiary alicyclic amines) is 2. The fourth-order valence-electron chi connectivity index (χ4n) is 3.57. The van der Waals surface area contributed by atoms with Gasteiger partial charge >= 0.3 is 0 Å². The number of amides is 2. The molecule has 5 nitrogen and oxygen atoms in total. The first-order valence-electron chi connectivity index (χ1n) is 8.45. The maximum Gasteiger partial charge on any atom is 0.228 e. The Morgan fingerprint density at radius 2 is 2.00 bits per heavy atom. The van der Waals surface area contributed by atoms with Gasteiger partial charge in [-0.3, -0.25) is 9.59 Å². The third-order valence-corrected chi connectivity index (χ3v) is 4.92. The van der Waals surface area contributed by atoms with Crippen molar-refractivity contribution in [2.24, 2.45) is 5.92 Å². The van der Waals surface area contributed by atoms with Gasteiger partial charge in [-0.2, -0.15) is 0 Å². The number of piperidine rings is 1. The zero-order chi connectivity index (χ0) is 16.2. The lowest BCUT2D eigenvalue weighted by molar-refractivity contribution is -0.137. The summed E-state index contributed by atoms with van der Waals surface area (Å²) in [7, 11) is 1.94. The summed E-state index contributed by atoms with van der Waals surface area (Å²) in [5.41, 5.74) is 1.11. The number of halogens is 1. The minimum atomic E-state index is -0.179. The summed E-state index contributed by atoms with van der Waals surface area (Å²) >= 11 is 0. The van der Waals surface area contributed by atoms with Crippen LogP contribution in [0.4, 0.5) is 0 Å². The molecule has 2 amide bonds. The Morgan fingerprint density at radius 1 is 1.25 bits per heavy atom. The monoisotopic (exact) mass is 351 g/mol. The molecule has 0 spiro atoms. The van der Waals surface area contributed by atoms with Crippen LogP contribution in [0.1, 0.15) is 24.8 Å². The molecular weight excluding hydrogens is 326 g/mol. The minimum absolute atomic E-state index is 0. The van der Waals surface area contributed by atoms with Crippen LogP contribution in [-0.2, 0) is 16.1 Å². The van der Waals surface area contributed by atoms with Crippen LogP contribution >= 0.6 is 12.4 Å². The van der Waals surface area contributed by atoms with Gasteiger partial charge in [0, 0.05) is 38.6 Å². The van der Waals surface area contributed by atoms with Crippen molar-refractivity contribution in [3.8, 4) is 0 Å². The highest BCUT2D eigenvalue weighted by Gasteiger charge is 2.37. The molecule has 3 rings (SSSR count). The molecule has 2 fully saturated rings. The molecule has 1 N–H and O–H groups in total. The van der Waals surface area contributed by atoms with Gasteiger partial charge in [0.05, 0.1) is 5.92 Å². The van der Waals surface area contributed by atoms with E-state index in [0.717, 1.165) is 31.5 Å². The lowest BCUT2D eigenvalue weighted by atomic mass is 10.0. The molecule has 2 heterocycles. The topological polar surface area (TPSA) is 52.7 Å². The van der Waals surface area contributed by atoms with Crippen molar-refractivity contribution < 1.29 is 9.59 Å². The Labute approximate surface area is 149 Å². The molecule has 2 atom stereocenters. The van der Waals surface area contributed by atoms with Crippen molar-refractivity contribution in [3.05, 3.63) is 35.9 Å². The summed E-state index contributed by atoms with van der Waals surface area (Å²) in [5.74, 6) is 0.0602. The molecule has 24 heavy (non-hydrogen) atoms. The van der Waals surface area contributed by atoms with Crippen molar-refractivity contribution in [1.82, 2.24) is 15.1 Å². The average molecular weight is 352 g/mol. The molecule has 0 radical (unpaired) electrons. The van der Waals surface area contributed by atoms with Crippen molar-refractivity contribution in [2.75, 3.05) is 26.7 Å².